The summed E-state index contributed by atoms with van der Waals surface area (Å²) in [5, 5.41) is 4.61. The Morgan fingerprint density at radius 2 is 1.84 bits per heavy atom. The molecule has 0 radical (unpaired) electrons. The van der Waals surface area contributed by atoms with Crippen LogP contribution in [0.3, 0.4) is 0 Å². The van der Waals surface area contributed by atoms with Gasteiger partial charge in [0, 0.05) is 19.2 Å². The van der Waals surface area contributed by atoms with E-state index >= 15 is 0 Å². The van der Waals surface area contributed by atoms with Crippen molar-refractivity contribution < 1.29 is 13.2 Å². The summed E-state index contributed by atoms with van der Waals surface area (Å²) in [6.07, 6.45) is 0.509. The molecule has 1 saturated heterocycles. The molecule has 0 saturated carbocycles. The van der Waals surface area contributed by atoms with Crippen LogP contribution in [0.5, 0.6) is 0 Å². The van der Waals surface area contributed by atoms with Gasteiger partial charge in [-0.05, 0) is 49.1 Å². The van der Waals surface area contributed by atoms with Crippen molar-refractivity contribution in [2.24, 2.45) is 0 Å². The standard InChI is InChI=1S/C24H27N3O3S/c1-17-9-10-20(13-18(17)2)23-14-22(25-27(23)21-11-12-31(29,30)16-21)24(28)26(3)15-19-7-5-4-6-8-19/h4-10,13-14,21H,11-12,15-16H2,1-3H3/t21-/m0/s1. The fraction of sp³-hybridized carbons (Fsp3) is 0.333. The fourth-order valence-electron chi connectivity index (χ4n) is 3.99. The van der Waals surface area contributed by atoms with Gasteiger partial charge < -0.3 is 4.90 Å². The summed E-state index contributed by atoms with van der Waals surface area (Å²) in [7, 11) is -1.33. The van der Waals surface area contributed by atoms with Crippen molar-refractivity contribution in [2.45, 2.75) is 32.9 Å². The summed E-state index contributed by atoms with van der Waals surface area (Å²) in [6.45, 7) is 4.57. The first-order chi connectivity index (χ1) is 14.7. The Balaban J connectivity index is 1.70. The van der Waals surface area contributed by atoms with E-state index in [0.29, 0.717) is 18.7 Å². The van der Waals surface area contributed by atoms with E-state index in [1.807, 2.05) is 56.3 Å². The van der Waals surface area contributed by atoms with Gasteiger partial charge in [0.05, 0.1) is 23.2 Å². The highest BCUT2D eigenvalue weighted by Crippen LogP contribution is 2.31. The molecule has 162 valence electrons. The minimum atomic E-state index is -3.08. The molecule has 1 aromatic heterocycles. The maximum absolute atomic E-state index is 13.1. The summed E-state index contributed by atoms with van der Waals surface area (Å²) < 4.78 is 25.9. The normalized spacial score (nSPS) is 17.6. The number of carbonyl (C=O) groups excluding carboxylic acids is 1. The molecule has 1 aliphatic heterocycles. The van der Waals surface area contributed by atoms with Gasteiger partial charge in [0.15, 0.2) is 15.5 Å². The van der Waals surface area contributed by atoms with E-state index in [0.717, 1.165) is 22.4 Å². The predicted octanol–water partition coefficient (Wildman–Crippen LogP) is 3.80. The van der Waals surface area contributed by atoms with Gasteiger partial charge in [-0.1, -0.05) is 42.5 Å². The lowest BCUT2D eigenvalue weighted by atomic mass is 10.0. The quantitative estimate of drug-likeness (QED) is 0.609. The lowest BCUT2D eigenvalue weighted by molar-refractivity contribution is 0.0778. The highest BCUT2D eigenvalue weighted by Gasteiger charge is 2.32. The maximum Gasteiger partial charge on any atom is 0.274 e. The van der Waals surface area contributed by atoms with Gasteiger partial charge in [-0.15, -0.1) is 0 Å². The van der Waals surface area contributed by atoms with E-state index in [9.17, 15) is 13.2 Å². The van der Waals surface area contributed by atoms with Crippen LogP contribution in [-0.2, 0) is 16.4 Å². The molecular formula is C24H27N3O3S. The molecule has 1 fully saturated rings. The number of sulfone groups is 1. The summed E-state index contributed by atoms with van der Waals surface area (Å²) in [5.41, 5.74) is 5.40. The lowest BCUT2D eigenvalue weighted by Gasteiger charge is -2.16. The molecule has 2 aromatic carbocycles. The Hall–Kier alpha value is -2.93. The number of hydrogen-bond acceptors (Lipinski definition) is 4. The van der Waals surface area contributed by atoms with E-state index in [-0.39, 0.29) is 23.5 Å². The second kappa shape index (κ2) is 8.30. The van der Waals surface area contributed by atoms with Crippen LogP contribution in [0.25, 0.3) is 11.3 Å². The first-order valence-corrected chi connectivity index (χ1v) is 12.2. The second-order valence-corrected chi connectivity index (χ2v) is 10.6. The van der Waals surface area contributed by atoms with Gasteiger partial charge in [0.2, 0.25) is 0 Å². The number of benzene rings is 2. The van der Waals surface area contributed by atoms with Crippen molar-refractivity contribution in [1.29, 1.82) is 0 Å². The fourth-order valence-corrected chi connectivity index (χ4v) is 5.68. The molecule has 7 heteroatoms. The van der Waals surface area contributed by atoms with Gasteiger partial charge in [-0.2, -0.15) is 5.10 Å². The van der Waals surface area contributed by atoms with Gasteiger partial charge in [0.25, 0.3) is 5.91 Å². The van der Waals surface area contributed by atoms with Crippen LogP contribution in [0, 0.1) is 13.8 Å². The summed E-state index contributed by atoms with van der Waals surface area (Å²) in [5.74, 6) is 0.0229. The number of carbonyl (C=O) groups is 1. The smallest absolute Gasteiger partial charge is 0.274 e. The predicted molar refractivity (Wildman–Crippen MR) is 122 cm³/mol. The molecule has 0 spiro atoms. The Morgan fingerprint density at radius 1 is 1.10 bits per heavy atom. The third-order valence-electron chi connectivity index (χ3n) is 5.92. The Morgan fingerprint density at radius 3 is 2.48 bits per heavy atom. The van der Waals surface area contributed by atoms with E-state index in [4.69, 9.17) is 0 Å². The second-order valence-electron chi connectivity index (χ2n) is 8.36. The Bertz CT molecular complexity index is 1220. The molecule has 3 aromatic rings. The zero-order valence-electron chi connectivity index (χ0n) is 18.1. The highest BCUT2D eigenvalue weighted by atomic mass is 32.2. The van der Waals surface area contributed by atoms with Crippen LogP contribution in [-0.4, -0.2) is 47.6 Å². The molecule has 0 unspecified atom stereocenters. The Labute approximate surface area is 183 Å². The van der Waals surface area contributed by atoms with Crippen molar-refractivity contribution >= 4 is 15.7 Å². The maximum atomic E-state index is 13.1. The molecule has 0 N–H and O–H groups in total. The molecule has 2 heterocycles. The number of aromatic nitrogens is 2. The van der Waals surface area contributed by atoms with E-state index in [1.165, 1.54) is 5.56 Å². The highest BCUT2D eigenvalue weighted by molar-refractivity contribution is 7.91. The number of nitrogens with zero attached hydrogens (tertiary/aromatic N) is 3. The van der Waals surface area contributed by atoms with Crippen molar-refractivity contribution in [3.8, 4) is 11.3 Å². The topological polar surface area (TPSA) is 72.3 Å². The van der Waals surface area contributed by atoms with Crippen molar-refractivity contribution in [2.75, 3.05) is 18.6 Å². The van der Waals surface area contributed by atoms with Crippen LogP contribution in [0.2, 0.25) is 0 Å². The summed E-state index contributed by atoms with van der Waals surface area (Å²) >= 11 is 0. The van der Waals surface area contributed by atoms with Crippen LogP contribution in [0.4, 0.5) is 0 Å². The minimum Gasteiger partial charge on any atom is -0.336 e. The monoisotopic (exact) mass is 437 g/mol. The molecule has 0 bridgehead atoms. The largest absolute Gasteiger partial charge is 0.336 e. The average Bonchev–Trinajstić information content (AvgIpc) is 3.33. The molecule has 1 atom stereocenters. The number of aryl methyl sites for hydroxylation is 2. The zero-order chi connectivity index (χ0) is 22.2. The van der Waals surface area contributed by atoms with Crippen molar-refractivity contribution in [1.82, 2.24) is 14.7 Å². The molecule has 1 amide bonds. The van der Waals surface area contributed by atoms with Crippen LogP contribution >= 0.6 is 0 Å². The molecular weight excluding hydrogens is 410 g/mol. The van der Waals surface area contributed by atoms with Crippen LogP contribution in [0.15, 0.2) is 54.6 Å². The third kappa shape index (κ3) is 4.56. The minimum absolute atomic E-state index is 0.0556. The van der Waals surface area contributed by atoms with Crippen molar-refractivity contribution in [3.63, 3.8) is 0 Å². The van der Waals surface area contributed by atoms with Gasteiger partial charge >= 0.3 is 0 Å². The summed E-state index contributed by atoms with van der Waals surface area (Å²) in [4.78, 5) is 14.8. The molecule has 31 heavy (non-hydrogen) atoms. The van der Waals surface area contributed by atoms with E-state index < -0.39 is 9.84 Å². The average molecular weight is 438 g/mol. The zero-order valence-corrected chi connectivity index (χ0v) is 18.9. The SMILES string of the molecule is Cc1ccc(-c2cc(C(=O)N(C)Cc3ccccc3)nn2[C@H]2CCS(=O)(=O)C2)cc1C. The van der Waals surface area contributed by atoms with Crippen LogP contribution < -0.4 is 0 Å². The Kier molecular flexibility index (Phi) is 5.71. The van der Waals surface area contributed by atoms with Crippen LogP contribution in [0.1, 0.15) is 39.6 Å². The first kappa shape index (κ1) is 21.3. The van der Waals surface area contributed by atoms with Gasteiger partial charge in [0.1, 0.15) is 0 Å². The third-order valence-corrected chi connectivity index (χ3v) is 7.67. The molecule has 1 aliphatic rings. The molecule has 4 rings (SSSR count). The van der Waals surface area contributed by atoms with Crippen molar-refractivity contribution in [3.05, 3.63) is 77.0 Å². The molecule has 6 nitrogen and oxygen atoms in total. The number of amides is 1. The first-order valence-electron chi connectivity index (χ1n) is 10.4. The van der Waals surface area contributed by atoms with E-state index in [1.54, 1.807) is 22.7 Å². The summed E-state index contributed by atoms with van der Waals surface area (Å²) in [6, 6.07) is 17.4. The van der Waals surface area contributed by atoms with E-state index in [2.05, 4.69) is 11.2 Å². The number of rotatable bonds is 5. The van der Waals surface area contributed by atoms with Gasteiger partial charge in [-0.3, -0.25) is 9.48 Å². The molecule has 0 aliphatic carbocycles. The number of hydrogen-bond donors (Lipinski definition) is 0. The lowest BCUT2D eigenvalue weighted by Crippen LogP contribution is -2.27. The van der Waals surface area contributed by atoms with Gasteiger partial charge in [-0.25, -0.2) is 8.42 Å².